The topological polar surface area (TPSA) is 75.3 Å². The summed E-state index contributed by atoms with van der Waals surface area (Å²) in [7, 11) is -0.545. The van der Waals surface area contributed by atoms with Gasteiger partial charge in [0.2, 0.25) is 10.0 Å². The molecule has 1 aromatic heterocycles. The van der Waals surface area contributed by atoms with E-state index in [0.29, 0.717) is 11.6 Å². The Labute approximate surface area is 112 Å². The summed E-state index contributed by atoms with van der Waals surface area (Å²) in [5.41, 5.74) is 0. The van der Waals surface area contributed by atoms with Crippen molar-refractivity contribution < 1.29 is 13.2 Å². The number of nitrogens with one attached hydrogen (secondary N) is 1. The Balaban J connectivity index is 2.25. The van der Waals surface area contributed by atoms with Crippen molar-refractivity contribution in [3.63, 3.8) is 0 Å². The van der Waals surface area contributed by atoms with E-state index in [4.69, 9.17) is 4.74 Å². The van der Waals surface area contributed by atoms with Crippen molar-refractivity contribution in [2.45, 2.75) is 11.4 Å². The van der Waals surface area contributed by atoms with E-state index in [1.165, 1.54) is 30.6 Å². The summed E-state index contributed by atoms with van der Waals surface area (Å²) in [6.45, 7) is 0.187. The average molecular weight is 281 g/mol. The molecule has 0 fully saturated rings. The van der Waals surface area contributed by atoms with Gasteiger partial charge in [-0.3, -0.25) is 0 Å². The Bertz CT molecular complexity index is 638. The second-order valence-electron chi connectivity index (χ2n) is 3.98. The third-order valence-corrected chi connectivity index (χ3v) is 4.48. The Hall–Kier alpha value is -1.86. The minimum absolute atomic E-state index is 0.187. The zero-order valence-electron chi connectivity index (χ0n) is 10.7. The smallest absolute Gasteiger partial charge is 0.243 e. The molecule has 0 bridgehead atoms. The molecule has 19 heavy (non-hydrogen) atoms. The van der Waals surface area contributed by atoms with Gasteiger partial charge in [-0.25, -0.2) is 13.4 Å². The third-order valence-electron chi connectivity index (χ3n) is 2.68. The summed E-state index contributed by atoms with van der Waals surface area (Å²) in [4.78, 5) is 7.08. The quantitative estimate of drug-likeness (QED) is 0.894. The molecule has 1 N–H and O–H groups in total. The molecular weight excluding hydrogens is 266 g/mol. The average Bonchev–Trinajstić information content (AvgIpc) is 2.91. The first-order valence-corrected chi connectivity index (χ1v) is 7.06. The van der Waals surface area contributed by atoms with Crippen molar-refractivity contribution in [1.82, 2.24) is 14.3 Å². The standard InChI is InChI=1S/C12H15N3O3S/c1-15(9-12-13-6-7-14-12)19(16,17)11-5-3-4-10(8-11)18-2/h3-8H,9H2,1-2H3,(H,13,14). The molecular formula is C12H15N3O3S. The summed E-state index contributed by atoms with van der Waals surface area (Å²) in [5.74, 6) is 1.10. The molecule has 7 heteroatoms. The SMILES string of the molecule is COc1cccc(S(=O)(=O)N(C)Cc2ncc[nH]2)c1. The minimum Gasteiger partial charge on any atom is -0.497 e. The maximum Gasteiger partial charge on any atom is 0.243 e. The van der Waals surface area contributed by atoms with E-state index < -0.39 is 10.0 Å². The van der Waals surface area contributed by atoms with Crippen LogP contribution in [0, 0.1) is 0 Å². The van der Waals surface area contributed by atoms with E-state index in [2.05, 4.69) is 9.97 Å². The van der Waals surface area contributed by atoms with E-state index in [1.54, 1.807) is 24.5 Å². The first kappa shape index (κ1) is 13.6. The van der Waals surface area contributed by atoms with Gasteiger partial charge < -0.3 is 9.72 Å². The fourth-order valence-corrected chi connectivity index (χ4v) is 2.79. The van der Waals surface area contributed by atoms with Gasteiger partial charge in [0.15, 0.2) is 0 Å². The highest BCUT2D eigenvalue weighted by Gasteiger charge is 2.21. The van der Waals surface area contributed by atoms with Crippen molar-refractivity contribution in [2.24, 2.45) is 0 Å². The van der Waals surface area contributed by atoms with E-state index in [0.717, 1.165) is 0 Å². The minimum atomic E-state index is -3.55. The lowest BCUT2D eigenvalue weighted by atomic mass is 10.3. The molecule has 0 aliphatic rings. The fourth-order valence-electron chi connectivity index (χ4n) is 1.62. The van der Waals surface area contributed by atoms with Crippen LogP contribution in [0.5, 0.6) is 5.75 Å². The molecule has 6 nitrogen and oxygen atoms in total. The van der Waals surface area contributed by atoms with E-state index in [-0.39, 0.29) is 11.4 Å². The van der Waals surface area contributed by atoms with E-state index >= 15 is 0 Å². The molecule has 1 heterocycles. The van der Waals surface area contributed by atoms with Gasteiger partial charge in [0, 0.05) is 25.5 Å². The van der Waals surface area contributed by atoms with Gasteiger partial charge >= 0.3 is 0 Å². The lowest BCUT2D eigenvalue weighted by Crippen LogP contribution is -2.27. The molecule has 0 aliphatic carbocycles. The predicted molar refractivity (Wildman–Crippen MR) is 70.2 cm³/mol. The predicted octanol–water partition coefficient (Wildman–Crippen LogP) is 1.24. The van der Waals surface area contributed by atoms with Gasteiger partial charge in [0.1, 0.15) is 11.6 Å². The molecule has 0 aliphatic heterocycles. The van der Waals surface area contributed by atoms with Crippen LogP contribution in [0.15, 0.2) is 41.6 Å². The second kappa shape index (κ2) is 5.41. The zero-order chi connectivity index (χ0) is 13.9. The van der Waals surface area contributed by atoms with Crippen molar-refractivity contribution in [3.05, 3.63) is 42.5 Å². The van der Waals surface area contributed by atoms with Crippen LogP contribution in [0.4, 0.5) is 0 Å². The van der Waals surface area contributed by atoms with Crippen LogP contribution in [0.3, 0.4) is 0 Å². The van der Waals surface area contributed by atoms with Crippen LogP contribution >= 0.6 is 0 Å². The van der Waals surface area contributed by atoms with Gasteiger partial charge in [-0.05, 0) is 12.1 Å². The largest absolute Gasteiger partial charge is 0.497 e. The number of H-pyrrole nitrogens is 1. The van der Waals surface area contributed by atoms with Crippen LogP contribution in [0.2, 0.25) is 0 Å². The monoisotopic (exact) mass is 281 g/mol. The number of sulfonamides is 1. The lowest BCUT2D eigenvalue weighted by Gasteiger charge is -2.16. The van der Waals surface area contributed by atoms with Crippen molar-refractivity contribution in [3.8, 4) is 5.75 Å². The van der Waals surface area contributed by atoms with Gasteiger partial charge in [-0.2, -0.15) is 4.31 Å². The number of benzene rings is 1. The summed E-state index contributed by atoms with van der Waals surface area (Å²) in [6.07, 6.45) is 3.24. The van der Waals surface area contributed by atoms with Crippen LogP contribution < -0.4 is 4.74 Å². The number of rotatable bonds is 5. The Morgan fingerprint density at radius 3 is 2.84 bits per heavy atom. The molecule has 2 aromatic rings. The third kappa shape index (κ3) is 2.94. The van der Waals surface area contributed by atoms with E-state index in [9.17, 15) is 8.42 Å². The second-order valence-corrected chi connectivity index (χ2v) is 6.02. The van der Waals surface area contributed by atoms with Crippen LogP contribution in [-0.4, -0.2) is 36.8 Å². The molecule has 102 valence electrons. The zero-order valence-corrected chi connectivity index (χ0v) is 11.5. The lowest BCUT2D eigenvalue weighted by molar-refractivity contribution is 0.412. The number of aromatic amines is 1. The molecule has 0 radical (unpaired) electrons. The number of imidazole rings is 1. The summed E-state index contributed by atoms with van der Waals surface area (Å²) >= 11 is 0. The summed E-state index contributed by atoms with van der Waals surface area (Å²) < 4.78 is 31.0. The molecule has 0 saturated heterocycles. The van der Waals surface area contributed by atoms with E-state index in [1.807, 2.05) is 0 Å². The van der Waals surface area contributed by atoms with Gasteiger partial charge in [0.05, 0.1) is 18.6 Å². The van der Waals surface area contributed by atoms with Crippen LogP contribution in [0.1, 0.15) is 5.82 Å². The molecule has 0 unspecified atom stereocenters. The maximum absolute atomic E-state index is 12.4. The normalized spacial score (nSPS) is 11.7. The van der Waals surface area contributed by atoms with Crippen molar-refractivity contribution in [1.29, 1.82) is 0 Å². The van der Waals surface area contributed by atoms with Gasteiger partial charge in [-0.15, -0.1) is 0 Å². The number of methoxy groups -OCH3 is 1. The molecule has 1 aromatic carbocycles. The van der Waals surface area contributed by atoms with Gasteiger partial charge in [0.25, 0.3) is 0 Å². The van der Waals surface area contributed by atoms with Crippen LogP contribution in [0.25, 0.3) is 0 Å². The summed E-state index contributed by atoms with van der Waals surface area (Å²) in [6, 6.07) is 6.38. The maximum atomic E-state index is 12.4. The first-order valence-electron chi connectivity index (χ1n) is 5.62. The number of hydrogen-bond acceptors (Lipinski definition) is 4. The Morgan fingerprint density at radius 2 is 2.21 bits per heavy atom. The van der Waals surface area contributed by atoms with Crippen LogP contribution in [-0.2, 0) is 16.6 Å². The number of nitrogens with zero attached hydrogens (tertiary/aromatic N) is 2. The highest BCUT2D eigenvalue weighted by molar-refractivity contribution is 7.89. The molecule has 0 amide bonds. The van der Waals surface area contributed by atoms with Crippen molar-refractivity contribution >= 4 is 10.0 Å². The molecule has 0 spiro atoms. The Kier molecular flexibility index (Phi) is 3.87. The van der Waals surface area contributed by atoms with Gasteiger partial charge in [-0.1, -0.05) is 6.07 Å². The Morgan fingerprint density at radius 1 is 1.42 bits per heavy atom. The number of aromatic nitrogens is 2. The number of ether oxygens (including phenoxy) is 1. The molecule has 0 saturated carbocycles. The van der Waals surface area contributed by atoms with Crippen molar-refractivity contribution in [2.75, 3.05) is 14.2 Å². The number of hydrogen-bond donors (Lipinski definition) is 1. The highest BCUT2D eigenvalue weighted by Crippen LogP contribution is 2.20. The summed E-state index contributed by atoms with van der Waals surface area (Å²) in [5, 5.41) is 0. The fraction of sp³-hybridized carbons (Fsp3) is 0.250. The molecule has 0 atom stereocenters. The first-order chi connectivity index (χ1) is 9.04. The highest BCUT2D eigenvalue weighted by atomic mass is 32.2. The molecule has 2 rings (SSSR count).